The Kier molecular flexibility index (Phi) is 5.48. The lowest BCUT2D eigenvalue weighted by molar-refractivity contribution is -0.153. The van der Waals surface area contributed by atoms with Crippen LogP contribution in [0, 0.1) is 17.3 Å². The average molecular weight is 240 g/mol. The highest BCUT2D eigenvalue weighted by atomic mass is 16.4. The van der Waals surface area contributed by atoms with E-state index in [1.165, 1.54) is 19.3 Å². The van der Waals surface area contributed by atoms with Gasteiger partial charge in [-0.15, -0.1) is 0 Å². The zero-order valence-electron chi connectivity index (χ0n) is 11.7. The average Bonchev–Trinajstić information content (AvgIpc) is 2.27. The zero-order valence-corrected chi connectivity index (χ0v) is 11.7. The van der Waals surface area contributed by atoms with Crippen LogP contribution in [-0.4, -0.2) is 11.1 Å². The van der Waals surface area contributed by atoms with E-state index in [4.69, 9.17) is 0 Å². The number of hydrogen-bond acceptors (Lipinski definition) is 1. The lowest BCUT2D eigenvalue weighted by Crippen LogP contribution is -2.36. The molecule has 0 aromatic heterocycles. The van der Waals surface area contributed by atoms with Crippen LogP contribution in [0.3, 0.4) is 0 Å². The molecule has 1 aliphatic carbocycles. The van der Waals surface area contributed by atoms with Crippen molar-refractivity contribution in [3.05, 3.63) is 0 Å². The minimum atomic E-state index is -0.555. The summed E-state index contributed by atoms with van der Waals surface area (Å²) in [5, 5.41) is 9.50. The fourth-order valence-corrected chi connectivity index (χ4v) is 3.30. The Morgan fingerprint density at radius 3 is 2.35 bits per heavy atom. The molecule has 1 N–H and O–H groups in total. The molecule has 0 atom stereocenters. The Balaban J connectivity index is 2.52. The summed E-state index contributed by atoms with van der Waals surface area (Å²) in [6.45, 7) is 6.49. The van der Waals surface area contributed by atoms with Gasteiger partial charge in [0.05, 0.1) is 5.41 Å². The van der Waals surface area contributed by atoms with Gasteiger partial charge in [-0.25, -0.2) is 0 Å². The monoisotopic (exact) mass is 240 g/mol. The molecule has 100 valence electrons. The highest BCUT2D eigenvalue weighted by molar-refractivity contribution is 5.74. The van der Waals surface area contributed by atoms with Crippen LogP contribution in [0.4, 0.5) is 0 Å². The summed E-state index contributed by atoms with van der Waals surface area (Å²) in [7, 11) is 0. The van der Waals surface area contributed by atoms with Gasteiger partial charge >= 0.3 is 5.97 Å². The molecule has 1 fully saturated rings. The first-order valence-electron chi connectivity index (χ1n) is 7.23. The predicted molar refractivity (Wildman–Crippen MR) is 71.0 cm³/mol. The van der Waals surface area contributed by atoms with Crippen molar-refractivity contribution in [3.63, 3.8) is 0 Å². The van der Waals surface area contributed by atoms with Crippen molar-refractivity contribution >= 4 is 5.97 Å². The highest BCUT2D eigenvalue weighted by Crippen LogP contribution is 2.44. The maximum absolute atomic E-state index is 11.5. The van der Waals surface area contributed by atoms with E-state index in [-0.39, 0.29) is 0 Å². The number of carboxylic acid groups (broad SMARTS) is 1. The maximum Gasteiger partial charge on any atom is 0.309 e. The fourth-order valence-electron chi connectivity index (χ4n) is 3.30. The Bertz CT molecular complexity index is 237. The molecule has 0 spiro atoms. The standard InChI is InChI=1S/C15H28O2/c1-4-5-6-13-7-9-15(10-8-13,14(16)17)11-12(2)3/h12-13H,4-11H2,1-3H3,(H,16,17). The number of carboxylic acids is 1. The molecule has 2 nitrogen and oxygen atoms in total. The second kappa shape index (κ2) is 6.42. The van der Waals surface area contributed by atoms with Gasteiger partial charge in [-0.05, 0) is 43.9 Å². The lowest BCUT2D eigenvalue weighted by Gasteiger charge is -2.38. The van der Waals surface area contributed by atoms with Gasteiger partial charge in [-0.1, -0.05) is 40.0 Å². The predicted octanol–water partition coefficient (Wildman–Crippen LogP) is 4.48. The largest absolute Gasteiger partial charge is 0.481 e. The Morgan fingerprint density at radius 1 is 1.35 bits per heavy atom. The van der Waals surface area contributed by atoms with Gasteiger partial charge in [0.1, 0.15) is 0 Å². The van der Waals surface area contributed by atoms with E-state index >= 15 is 0 Å². The first-order valence-corrected chi connectivity index (χ1v) is 7.23. The molecule has 0 aromatic carbocycles. The van der Waals surface area contributed by atoms with Crippen molar-refractivity contribution in [3.8, 4) is 0 Å². The number of carbonyl (C=O) groups is 1. The van der Waals surface area contributed by atoms with Crippen LogP contribution in [0.1, 0.15) is 72.1 Å². The van der Waals surface area contributed by atoms with Gasteiger partial charge in [-0.2, -0.15) is 0 Å². The smallest absolute Gasteiger partial charge is 0.309 e. The van der Waals surface area contributed by atoms with Crippen LogP contribution in [-0.2, 0) is 4.79 Å². The lowest BCUT2D eigenvalue weighted by atomic mass is 9.66. The number of unbranched alkanes of at least 4 members (excludes halogenated alkanes) is 1. The van der Waals surface area contributed by atoms with Crippen molar-refractivity contribution in [2.24, 2.45) is 17.3 Å². The third kappa shape index (κ3) is 4.01. The molecule has 1 rings (SSSR count). The fraction of sp³-hybridized carbons (Fsp3) is 0.933. The minimum Gasteiger partial charge on any atom is -0.481 e. The molecule has 0 unspecified atom stereocenters. The molecule has 2 heteroatoms. The molecule has 0 heterocycles. The number of aliphatic carboxylic acids is 1. The molecule has 0 amide bonds. The highest BCUT2D eigenvalue weighted by Gasteiger charge is 2.41. The van der Waals surface area contributed by atoms with Gasteiger partial charge in [0, 0.05) is 0 Å². The minimum absolute atomic E-state index is 0.406. The Labute approximate surface area is 106 Å². The van der Waals surface area contributed by atoms with E-state index in [1.807, 2.05) is 0 Å². The summed E-state index contributed by atoms with van der Waals surface area (Å²) < 4.78 is 0. The van der Waals surface area contributed by atoms with Crippen molar-refractivity contribution in [2.45, 2.75) is 72.1 Å². The summed E-state index contributed by atoms with van der Waals surface area (Å²) in [5.74, 6) is 0.716. The molecular weight excluding hydrogens is 212 g/mol. The third-order valence-corrected chi connectivity index (χ3v) is 4.28. The molecule has 0 bridgehead atoms. The Hall–Kier alpha value is -0.530. The van der Waals surface area contributed by atoms with Crippen LogP contribution in [0.2, 0.25) is 0 Å². The number of rotatable bonds is 6. The van der Waals surface area contributed by atoms with E-state index in [9.17, 15) is 9.90 Å². The van der Waals surface area contributed by atoms with E-state index in [2.05, 4.69) is 20.8 Å². The SMILES string of the molecule is CCCCC1CCC(CC(C)C)(C(=O)O)CC1. The maximum atomic E-state index is 11.5. The normalized spacial score (nSPS) is 29.5. The van der Waals surface area contributed by atoms with Crippen molar-refractivity contribution < 1.29 is 9.90 Å². The summed E-state index contributed by atoms with van der Waals surface area (Å²) in [6, 6.07) is 0. The van der Waals surface area contributed by atoms with Crippen molar-refractivity contribution in [1.29, 1.82) is 0 Å². The number of hydrogen-bond donors (Lipinski definition) is 1. The molecule has 0 saturated heterocycles. The second-order valence-corrected chi connectivity index (χ2v) is 6.27. The first kappa shape index (κ1) is 14.5. The quantitative estimate of drug-likeness (QED) is 0.743. The van der Waals surface area contributed by atoms with E-state index in [0.717, 1.165) is 38.0 Å². The molecule has 0 aliphatic heterocycles. The molecule has 1 aliphatic rings. The summed E-state index contributed by atoms with van der Waals surface area (Å²) in [4.78, 5) is 11.5. The summed E-state index contributed by atoms with van der Waals surface area (Å²) in [6.07, 6.45) is 8.75. The topological polar surface area (TPSA) is 37.3 Å². The second-order valence-electron chi connectivity index (χ2n) is 6.27. The van der Waals surface area contributed by atoms with Gasteiger partial charge < -0.3 is 5.11 Å². The van der Waals surface area contributed by atoms with E-state index in [0.29, 0.717) is 5.92 Å². The van der Waals surface area contributed by atoms with Gasteiger partial charge in [0.2, 0.25) is 0 Å². The van der Waals surface area contributed by atoms with Gasteiger partial charge in [-0.3, -0.25) is 4.79 Å². The zero-order chi connectivity index (χ0) is 12.9. The first-order chi connectivity index (χ1) is 8.00. The van der Waals surface area contributed by atoms with E-state index in [1.54, 1.807) is 0 Å². The van der Waals surface area contributed by atoms with Crippen molar-refractivity contribution in [2.75, 3.05) is 0 Å². The van der Waals surface area contributed by atoms with Crippen LogP contribution in [0.25, 0.3) is 0 Å². The molecule has 0 radical (unpaired) electrons. The van der Waals surface area contributed by atoms with Crippen LogP contribution >= 0.6 is 0 Å². The molecule has 1 saturated carbocycles. The third-order valence-electron chi connectivity index (χ3n) is 4.28. The van der Waals surface area contributed by atoms with Gasteiger partial charge in [0.15, 0.2) is 0 Å². The summed E-state index contributed by atoms with van der Waals surface area (Å²) in [5.41, 5.74) is -0.406. The van der Waals surface area contributed by atoms with Crippen LogP contribution in [0.5, 0.6) is 0 Å². The van der Waals surface area contributed by atoms with E-state index < -0.39 is 11.4 Å². The Morgan fingerprint density at radius 2 is 1.94 bits per heavy atom. The van der Waals surface area contributed by atoms with Gasteiger partial charge in [0.25, 0.3) is 0 Å². The van der Waals surface area contributed by atoms with Crippen molar-refractivity contribution in [1.82, 2.24) is 0 Å². The molecular formula is C15H28O2. The molecule has 0 aromatic rings. The molecule has 17 heavy (non-hydrogen) atoms. The summed E-state index contributed by atoms with van der Waals surface area (Å²) >= 11 is 0. The van der Waals surface area contributed by atoms with Crippen LogP contribution in [0.15, 0.2) is 0 Å². The van der Waals surface area contributed by atoms with Crippen LogP contribution < -0.4 is 0 Å².